The van der Waals surface area contributed by atoms with Crippen molar-refractivity contribution >= 4 is 70.4 Å². The van der Waals surface area contributed by atoms with Crippen LogP contribution in [0.25, 0.3) is 10.9 Å². The minimum Gasteiger partial charge on any atom is -0.394 e. The van der Waals surface area contributed by atoms with Crippen molar-refractivity contribution < 1.29 is 53.4 Å². The maximum atomic E-state index is 14.7. The van der Waals surface area contributed by atoms with Gasteiger partial charge < -0.3 is 73.6 Å². The third-order valence-corrected chi connectivity index (χ3v) is 12.3. The van der Waals surface area contributed by atoms with E-state index in [0.717, 1.165) is 10.9 Å². The Kier molecular flexibility index (Phi) is 21.3. The lowest BCUT2D eigenvalue weighted by molar-refractivity contribution is -0.143. The summed E-state index contributed by atoms with van der Waals surface area (Å²) in [7, 11) is 0. The van der Waals surface area contributed by atoms with Crippen LogP contribution in [0, 0.1) is 0 Å². The molecule has 23 nitrogen and oxygen atoms in total. The van der Waals surface area contributed by atoms with Gasteiger partial charge in [-0.25, -0.2) is 0 Å². The van der Waals surface area contributed by atoms with Gasteiger partial charge in [0, 0.05) is 49.6 Å². The van der Waals surface area contributed by atoms with Crippen LogP contribution in [-0.4, -0.2) is 155 Å². The number of carbonyl (C=O) groups is 9. The van der Waals surface area contributed by atoms with E-state index in [0.29, 0.717) is 49.5 Å². The molecule has 0 saturated carbocycles. The van der Waals surface area contributed by atoms with Gasteiger partial charge in [0.05, 0.1) is 13.0 Å². The second kappa shape index (κ2) is 27.7. The zero-order valence-electron chi connectivity index (χ0n) is 39.5. The number of aromatic nitrogens is 1. The highest BCUT2D eigenvalue weighted by molar-refractivity contribution is 5.99. The first-order valence-electron chi connectivity index (χ1n) is 23.9. The molecule has 71 heavy (non-hydrogen) atoms. The summed E-state index contributed by atoms with van der Waals surface area (Å²) in [5.74, 6) is -6.11. The molecule has 1 aromatic heterocycles. The number of nitrogens with zero attached hydrogens (tertiary/aromatic N) is 2. The molecular weight excluding hydrogens is 921 g/mol. The normalized spacial score (nSPS) is 20.5. The molecule has 3 heterocycles. The number of nitrogens with one attached hydrogen (secondary N) is 8. The summed E-state index contributed by atoms with van der Waals surface area (Å²) >= 11 is 0. The number of hydrogen-bond donors (Lipinski definition) is 12. The summed E-state index contributed by atoms with van der Waals surface area (Å²) in [5, 5.41) is 38.4. The van der Waals surface area contributed by atoms with Crippen molar-refractivity contribution in [2.75, 3.05) is 32.8 Å². The maximum Gasteiger partial charge on any atom is 0.246 e. The number of aliphatic hydroxyl groups excluding tert-OH is 2. The van der Waals surface area contributed by atoms with Crippen molar-refractivity contribution in [2.45, 2.75) is 119 Å². The van der Waals surface area contributed by atoms with Gasteiger partial charge in [-0.15, -0.1) is 0 Å². The number of rotatable bonds is 19. The predicted octanol–water partition coefficient (Wildman–Crippen LogP) is -2.44. The third-order valence-electron chi connectivity index (χ3n) is 12.3. The molecule has 384 valence electrons. The molecule has 0 spiro atoms. The van der Waals surface area contributed by atoms with E-state index >= 15 is 0 Å². The van der Waals surface area contributed by atoms with E-state index in [1.165, 1.54) is 4.90 Å². The van der Waals surface area contributed by atoms with Crippen LogP contribution >= 0.6 is 0 Å². The van der Waals surface area contributed by atoms with Crippen LogP contribution in [0.2, 0.25) is 0 Å². The Bertz CT molecular complexity index is 2360. The smallest absolute Gasteiger partial charge is 0.246 e. The van der Waals surface area contributed by atoms with Crippen molar-refractivity contribution in [2.24, 2.45) is 16.5 Å². The van der Waals surface area contributed by atoms with Crippen molar-refractivity contribution in [3.05, 3.63) is 71.9 Å². The number of guanidine groups is 1. The van der Waals surface area contributed by atoms with Gasteiger partial charge in [0.2, 0.25) is 47.3 Å². The van der Waals surface area contributed by atoms with Gasteiger partial charge in [0.1, 0.15) is 55.2 Å². The van der Waals surface area contributed by atoms with E-state index in [9.17, 15) is 53.4 Å². The largest absolute Gasteiger partial charge is 0.394 e. The summed E-state index contributed by atoms with van der Waals surface area (Å²) in [6.07, 6.45) is 4.50. The van der Waals surface area contributed by atoms with E-state index in [4.69, 9.17) is 11.5 Å². The Labute approximate surface area is 410 Å². The first kappa shape index (κ1) is 54.5. The number of likely N-dealkylation sites (tertiary alicyclic amines) is 1. The first-order chi connectivity index (χ1) is 34.2. The van der Waals surface area contributed by atoms with Crippen LogP contribution in [0.4, 0.5) is 0 Å². The molecule has 2 aliphatic heterocycles. The fraction of sp³-hybridized carbons (Fsp3) is 0.500. The van der Waals surface area contributed by atoms with Gasteiger partial charge in [-0.1, -0.05) is 67.8 Å². The summed E-state index contributed by atoms with van der Waals surface area (Å²) in [6, 6.07) is 7.17. The van der Waals surface area contributed by atoms with Crippen LogP contribution in [-0.2, 0) is 56.0 Å². The second-order valence-electron chi connectivity index (χ2n) is 17.6. The monoisotopic (exact) mass is 986 g/mol. The van der Waals surface area contributed by atoms with E-state index in [-0.39, 0.29) is 64.1 Å². The Hall–Kier alpha value is -7.40. The minimum absolute atomic E-state index is 0.00744. The van der Waals surface area contributed by atoms with Crippen LogP contribution in [0.1, 0.15) is 75.3 Å². The Morgan fingerprint density at radius 1 is 0.845 bits per heavy atom. The van der Waals surface area contributed by atoms with Gasteiger partial charge in [-0.05, 0) is 55.7 Å². The van der Waals surface area contributed by atoms with Crippen molar-refractivity contribution in [3.63, 3.8) is 0 Å². The van der Waals surface area contributed by atoms with Gasteiger partial charge >= 0.3 is 0 Å². The molecule has 2 aliphatic rings. The summed E-state index contributed by atoms with van der Waals surface area (Å²) in [4.78, 5) is 131. The number of amides is 8. The molecule has 14 N–H and O–H groups in total. The number of aromatic amines is 1. The van der Waals surface area contributed by atoms with Crippen molar-refractivity contribution in [1.82, 2.24) is 47.1 Å². The molecule has 2 aromatic carbocycles. The molecule has 3 aromatic rings. The van der Waals surface area contributed by atoms with Crippen molar-refractivity contribution in [1.29, 1.82) is 0 Å². The lowest BCUT2D eigenvalue weighted by Gasteiger charge is -2.31. The third kappa shape index (κ3) is 16.6. The Morgan fingerprint density at radius 2 is 1.59 bits per heavy atom. The van der Waals surface area contributed by atoms with E-state index in [1.54, 1.807) is 42.6 Å². The molecule has 23 heteroatoms. The molecule has 7 atom stereocenters. The van der Waals surface area contributed by atoms with Crippen LogP contribution in [0.15, 0.2) is 65.8 Å². The lowest BCUT2D eigenvalue weighted by atomic mass is 10.0. The van der Waals surface area contributed by atoms with Crippen LogP contribution in [0.3, 0.4) is 0 Å². The molecule has 2 fully saturated rings. The topological polar surface area (TPSA) is 362 Å². The SMILES string of the molecule is NC(N)=NCCC[C@H](NC(=O)[C@@H]1CCCN1C(=O)[C@@H]1CC(=O)NCCCCCC[C@H](NC(=O)[C@H](Cc2ccccc2)NC(=O)CO)C(=O)N[C@@H](Cc2c[nH]c3ccccc23)C(=O)N1)C(=O)NC(C=O)CO. The van der Waals surface area contributed by atoms with E-state index in [2.05, 4.69) is 47.2 Å². The van der Waals surface area contributed by atoms with E-state index in [1.807, 2.05) is 18.2 Å². The summed E-state index contributed by atoms with van der Waals surface area (Å²) in [6.45, 7) is -1.19. The van der Waals surface area contributed by atoms with Gasteiger partial charge in [0.15, 0.2) is 5.96 Å². The van der Waals surface area contributed by atoms with Gasteiger partial charge in [-0.3, -0.25) is 43.3 Å². The number of carbonyl (C=O) groups excluding carboxylic acids is 9. The van der Waals surface area contributed by atoms with E-state index < -0.39 is 109 Å². The molecule has 8 amide bonds. The molecular formula is C48H66N12O11. The molecule has 0 radical (unpaired) electrons. The molecule has 5 rings (SSSR count). The van der Waals surface area contributed by atoms with Crippen LogP contribution in [0.5, 0.6) is 0 Å². The zero-order chi connectivity index (χ0) is 51.3. The molecule has 2 saturated heterocycles. The Morgan fingerprint density at radius 3 is 2.32 bits per heavy atom. The quantitative estimate of drug-likeness (QED) is 0.0258. The second-order valence-corrected chi connectivity index (χ2v) is 17.6. The molecule has 1 unspecified atom stereocenters. The number of para-hydroxylation sites is 1. The number of benzene rings is 2. The standard InChI is InChI=1S/C48H66N12O11/c49-48(50)52-20-10-17-35(42(66)54-31(26-61)27-62)57-46(70)39-18-11-21-60(39)47(71)38-24-40(64)51-19-9-2-1-6-16-34(56-44(68)36(55-41(65)28-63)22-29-12-4-3-5-13-29)43(67)58-37(45(69)59-38)23-30-25-53-33-15-8-7-14-32(30)33/h3-5,7-8,12-15,25-26,31,34-39,53,62-63H,1-2,6,9-11,16-24,27-28H2,(H,51,64)(H,54,66)(H,55,65)(H,56,68)(H,57,70)(H,58,67)(H,59,69)(H4,49,50,52)/t31?,34-,35-,36-,37-,38-,39-/m0/s1. The number of aliphatic imine (C=N–C) groups is 1. The predicted molar refractivity (Wildman–Crippen MR) is 259 cm³/mol. The number of aliphatic hydroxyl groups is 2. The number of fused-ring (bicyclic) bond motifs is 1. The highest BCUT2D eigenvalue weighted by atomic mass is 16.3. The highest BCUT2D eigenvalue weighted by Gasteiger charge is 2.41. The number of nitrogens with two attached hydrogens (primary N) is 2. The fourth-order valence-electron chi connectivity index (χ4n) is 8.58. The van der Waals surface area contributed by atoms with Crippen LogP contribution < -0.4 is 48.7 Å². The summed E-state index contributed by atoms with van der Waals surface area (Å²) < 4.78 is 0. The fourth-order valence-corrected chi connectivity index (χ4v) is 8.58. The van der Waals surface area contributed by atoms with Gasteiger partial charge in [-0.2, -0.15) is 0 Å². The lowest BCUT2D eigenvalue weighted by Crippen LogP contribution is -2.60. The first-order valence-corrected chi connectivity index (χ1v) is 23.9. The molecule has 0 bridgehead atoms. The Balaban J connectivity index is 1.43. The number of aldehydes is 1. The average molecular weight is 987 g/mol. The highest BCUT2D eigenvalue weighted by Crippen LogP contribution is 2.22. The van der Waals surface area contributed by atoms with Crippen molar-refractivity contribution in [3.8, 4) is 0 Å². The zero-order valence-corrected chi connectivity index (χ0v) is 39.5. The average Bonchev–Trinajstić information content (AvgIpc) is 4.02. The minimum atomic E-state index is -1.55. The molecule has 0 aliphatic carbocycles. The number of hydrogen-bond acceptors (Lipinski definition) is 12. The number of H-pyrrole nitrogens is 1. The summed E-state index contributed by atoms with van der Waals surface area (Å²) in [5.41, 5.74) is 12.9. The maximum absolute atomic E-state index is 14.7. The van der Waals surface area contributed by atoms with Gasteiger partial charge in [0.25, 0.3) is 0 Å².